The zero-order valence-corrected chi connectivity index (χ0v) is 10.1. The average molecular weight is 293 g/mol. The summed E-state index contributed by atoms with van der Waals surface area (Å²) < 4.78 is 3.17. The minimum Gasteiger partial charge on any atom is -0.0613 e. The molecule has 0 aromatic heterocycles. The summed E-state index contributed by atoms with van der Waals surface area (Å²) in [5.74, 6) is 0. The second kappa shape index (κ2) is 3.09. The van der Waals surface area contributed by atoms with E-state index >= 15 is 0 Å². The maximum Gasteiger partial charge on any atom is 0.359 e. The normalized spacial score (nSPS) is 12.4. The van der Waals surface area contributed by atoms with Gasteiger partial charge in [0.2, 0.25) is 7.14 Å². The van der Waals surface area contributed by atoms with E-state index in [4.69, 9.17) is 0 Å². The summed E-state index contributed by atoms with van der Waals surface area (Å²) in [6.45, 7) is 2.21. The van der Waals surface area contributed by atoms with Crippen LogP contribution in [0.2, 0.25) is 0 Å². The molecule has 1 aliphatic heterocycles. The van der Waals surface area contributed by atoms with Gasteiger partial charge >= 0.3 is 21.2 Å². The van der Waals surface area contributed by atoms with Crippen molar-refractivity contribution in [3.8, 4) is 11.1 Å². The molecule has 0 bridgehead atoms. The van der Waals surface area contributed by atoms with Gasteiger partial charge in [-0.25, -0.2) is 0 Å². The van der Waals surface area contributed by atoms with Crippen LogP contribution in [-0.4, -0.2) is 0 Å². The van der Waals surface area contributed by atoms with Crippen molar-refractivity contribution in [3.63, 3.8) is 0 Å². The van der Waals surface area contributed by atoms with E-state index in [0.717, 1.165) is 0 Å². The number of fused-ring (bicyclic) bond motifs is 3. The molecule has 2 aromatic carbocycles. The van der Waals surface area contributed by atoms with E-state index in [-0.39, 0.29) is 21.2 Å². The Hall–Kier alpha value is -0.830. The highest BCUT2D eigenvalue weighted by molar-refractivity contribution is 5.67. The highest BCUT2D eigenvalue weighted by atomic mass is 127. The number of benzene rings is 2. The number of aryl methyl sites for hydroxylation is 1. The van der Waals surface area contributed by atoms with E-state index in [0.29, 0.717) is 0 Å². The van der Waals surface area contributed by atoms with E-state index in [9.17, 15) is 0 Å². The summed E-state index contributed by atoms with van der Waals surface area (Å²) >= 11 is 0.0860. The van der Waals surface area contributed by atoms with E-state index in [1.165, 1.54) is 16.7 Å². The lowest BCUT2D eigenvalue weighted by Crippen LogP contribution is -3.61. The third-order valence-corrected chi connectivity index (χ3v) is 5.57. The Kier molecular flexibility index (Phi) is 1.87. The van der Waals surface area contributed by atoms with Crippen LogP contribution in [0.25, 0.3) is 11.1 Å². The third-order valence-electron chi connectivity index (χ3n) is 2.57. The molecule has 0 radical (unpaired) electrons. The van der Waals surface area contributed by atoms with E-state index in [1.54, 1.807) is 7.14 Å². The van der Waals surface area contributed by atoms with Crippen molar-refractivity contribution in [2.75, 3.05) is 0 Å². The fourth-order valence-electron chi connectivity index (χ4n) is 1.91. The average Bonchev–Trinajstić information content (AvgIpc) is 2.57. The SMILES string of the molecule is Cc1cccc2c1-c1ccccc1[I+]2. The summed E-state index contributed by atoms with van der Waals surface area (Å²) in [6.07, 6.45) is 0. The van der Waals surface area contributed by atoms with Gasteiger partial charge in [-0.2, -0.15) is 0 Å². The predicted octanol–water partition coefficient (Wildman–Crippen LogP) is 0.104. The standard InChI is InChI=1S/C13H10I/c1-9-5-4-8-12-13(9)10-6-2-3-7-11(10)14-12/h2-8H,1H3/q+1. The van der Waals surface area contributed by atoms with Crippen LogP contribution in [0.1, 0.15) is 5.56 Å². The van der Waals surface area contributed by atoms with Crippen molar-refractivity contribution in [2.45, 2.75) is 6.92 Å². The van der Waals surface area contributed by atoms with E-state index in [2.05, 4.69) is 49.4 Å². The number of halogens is 1. The van der Waals surface area contributed by atoms with Crippen LogP contribution in [0.5, 0.6) is 0 Å². The summed E-state index contributed by atoms with van der Waals surface area (Å²) in [6, 6.07) is 15.5. The largest absolute Gasteiger partial charge is 0.359 e. The molecule has 1 aliphatic rings. The van der Waals surface area contributed by atoms with Crippen LogP contribution in [0.4, 0.5) is 0 Å². The smallest absolute Gasteiger partial charge is 0.0613 e. The molecular formula is C13H10I+. The van der Waals surface area contributed by atoms with Crippen LogP contribution in [0.15, 0.2) is 42.5 Å². The van der Waals surface area contributed by atoms with Gasteiger partial charge in [0.05, 0.1) is 0 Å². The van der Waals surface area contributed by atoms with Gasteiger partial charge in [0.15, 0.2) is 0 Å². The minimum atomic E-state index is 0.0860. The number of hydrogen-bond acceptors (Lipinski definition) is 0. The van der Waals surface area contributed by atoms with Crippen LogP contribution < -0.4 is 21.2 Å². The molecule has 2 aromatic rings. The minimum absolute atomic E-state index is 0.0860. The highest BCUT2D eigenvalue weighted by Crippen LogP contribution is 2.25. The molecule has 0 fully saturated rings. The van der Waals surface area contributed by atoms with Crippen LogP contribution >= 0.6 is 0 Å². The second-order valence-corrected chi connectivity index (χ2v) is 6.37. The molecule has 0 saturated carbocycles. The van der Waals surface area contributed by atoms with Gasteiger partial charge in [-0.05, 0) is 30.7 Å². The van der Waals surface area contributed by atoms with Crippen molar-refractivity contribution >= 4 is 0 Å². The molecular weight excluding hydrogens is 283 g/mol. The third kappa shape index (κ3) is 1.12. The summed E-state index contributed by atoms with van der Waals surface area (Å²) in [5.41, 5.74) is 4.41. The first kappa shape index (κ1) is 8.48. The molecule has 68 valence electrons. The predicted molar refractivity (Wildman–Crippen MR) is 54.0 cm³/mol. The Balaban J connectivity index is 2.35. The lowest BCUT2D eigenvalue weighted by Gasteiger charge is -1.98. The number of rotatable bonds is 0. The van der Waals surface area contributed by atoms with E-state index in [1.807, 2.05) is 0 Å². The molecule has 0 unspecified atom stereocenters. The molecule has 1 heterocycles. The van der Waals surface area contributed by atoms with Gasteiger partial charge in [-0.1, -0.05) is 24.3 Å². The summed E-state index contributed by atoms with van der Waals surface area (Å²) in [4.78, 5) is 0. The fourth-order valence-corrected chi connectivity index (χ4v) is 5.03. The van der Waals surface area contributed by atoms with Crippen LogP contribution in [0.3, 0.4) is 0 Å². The highest BCUT2D eigenvalue weighted by Gasteiger charge is 2.33. The Morgan fingerprint density at radius 2 is 1.64 bits per heavy atom. The maximum absolute atomic E-state index is 2.29. The van der Waals surface area contributed by atoms with Crippen molar-refractivity contribution in [2.24, 2.45) is 0 Å². The quantitative estimate of drug-likeness (QED) is 0.516. The lowest BCUT2D eigenvalue weighted by atomic mass is 10.0. The maximum atomic E-state index is 2.29. The van der Waals surface area contributed by atoms with Gasteiger partial charge in [0, 0.05) is 11.1 Å². The molecule has 1 heteroatoms. The second-order valence-electron chi connectivity index (χ2n) is 3.51. The molecule has 0 nitrogen and oxygen atoms in total. The molecule has 0 N–H and O–H groups in total. The Bertz CT molecular complexity index is 500. The van der Waals surface area contributed by atoms with Gasteiger partial charge < -0.3 is 0 Å². The van der Waals surface area contributed by atoms with E-state index < -0.39 is 0 Å². The van der Waals surface area contributed by atoms with Crippen LogP contribution in [0, 0.1) is 14.1 Å². The lowest BCUT2D eigenvalue weighted by molar-refractivity contribution is -0.589. The Morgan fingerprint density at radius 3 is 2.57 bits per heavy atom. The molecule has 3 rings (SSSR count). The molecule has 0 amide bonds. The molecule has 0 saturated heterocycles. The first-order valence-electron chi connectivity index (χ1n) is 4.70. The Morgan fingerprint density at radius 1 is 0.857 bits per heavy atom. The van der Waals surface area contributed by atoms with Crippen molar-refractivity contribution < 1.29 is 21.2 Å². The molecule has 0 atom stereocenters. The first-order chi connectivity index (χ1) is 6.86. The molecule has 14 heavy (non-hydrogen) atoms. The summed E-state index contributed by atoms with van der Waals surface area (Å²) in [5, 5.41) is 0. The Labute approximate surface area is 94.2 Å². The van der Waals surface area contributed by atoms with Gasteiger partial charge in [0.1, 0.15) is 0 Å². The molecule has 0 spiro atoms. The van der Waals surface area contributed by atoms with Gasteiger partial charge in [-0.15, -0.1) is 0 Å². The van der Waals surface area contributed by atoms with Crippen LogP contribution in [-0.2, 0) is 0 Å². The monoisotopic (exact) mass is 293 g/mol. The van der Waals surface area contributed by atoms with Crippen molar-refractivity contribution in [1.29, 1.82) is 0 Å². The summed E-state index contributed by atoms with van der Waals surface area (Å²) in [7, 11) is 0. The van der Waals surface area contributed by atoms with Crippen molar-refractivity contribution in [3.05, 3.63) is 55.2 Å². The first-order valence-corrected chi connectivity index (χ1v) is 6.86. The topological polar surface area (TPSA) is 0 Å². The zero-order chi connectivity index (χ0) is 9.54. The zero-order valence-electron chi connectivity index (χ0n) is 7.92. The van der Waals surface area contributed by atoms with Gasteiger partial charge in [-0.3, -0.25) is 0 Å². The fraction of sp³-hybridized carbons (Fsp3) is 0.0769. The van der Waals surface area contributed by atoms with Crippen molar-refractivity contribution in [1.82, 2.24) is 0 Å². The number of hydrogen-bond donors (Lipinski definition) is 0. The molecule has 0 aliphatic carbocycles. The van der Waals surface area contributed by atoms with Gasteiger partial charge in [0.25, 0.3) is 0 Å².